The van der Waals surface area contributed by atoms with Crippen molar-refractivity contribution in [3.63, 3.8) is 0 Å². The zero-order chi connectivity index (χ0) is 21.3. The van der Waals surface area contributed by atoms with Crippen molar-refractivity contribution >= 4 is 28.9 Å². The summed E-state index contributed by atoms with van der Waals surface area (Å²) in [6, 6.07) is 11.6. The van der Waals surface area contributed by atoms with Crippen LogP contribution in [0.5, 0.6) is 11.5 Å². The van der Waals surface area contributed by atoms with E-state index in [0.717, 1.165) is 37.1 Å². The van der Waals surface area contributed by atoms with Crippen molar-refractivity contribution < 1.29 is 27.4 Å². The smallest absolute Gasteiger partial charge is 0.494 e. The Kier molecular flexibility index (Phi) is 8.26. The Morgan fingerprint density at radius 2 is 1.62 bits per heavy atom. The van der Waals surface area contributed by atoms with Crippen LogP contribution in [0.2, 0.25) is 0 Å². The summed E-state index contributed by atoms with van der Waals surface area (Å²) in [5.41, 5.74) is 0.796. The van der Waals surface area contributed by atoms with Crippen LogP contribution in [0.4, 0.5) is 18.9 Å². The Balaban J connectivity index is 1.83. The highest BCUT2D eigenvalue weighted by molar-refractivity contribution is 7.80. The van der Waals surface area contributed by atoms with E-state index in [1.807, 2.05) is 0 Å². The fourth-order valence-corrected chi connectivity index (χ4v) is 2.53. The zero-order valence-electron chi connectivity index (χ0n) is 15.7. The van der Waals surface area contributed by atoms with Crippen molar-refractivity contribution in [1.82, 2.24) is 5.32 Å². The van der Waals surface area contributed by atoms with Gasteiger partial charge in [0.1, 0.15) is 11.5 Å². The van der Waals surface area contributed by atoms with E-state index >= 15 is 0 Å². The molecule has 0 aliphatic rings. The molecule has 5 nitrogen and oxygen atoms in total. The molecule has 0 aliphatic heterocycles. The summed E-state index contributed by atoms with van der Waals surface area (Å²) in [5, 5.41) is 5.38. The number of hydrogen-bond donors (Lipinski definition) is 2. The molecule has 2 aromatic carbocycles. The Labute approximate surface area is 172 Å². The largest absolute Gasteiger partial charge is 0.573 e. The first-order chi connectivity index (χ1) is 13.8. The van der Waals surface area contributed by atoms with Crippen molar-refractivity contribution in [3.8, 4) is 11.5 Å². The number of carbonyl (C=O) groups excluding carboxylic acids is 1. The lowest BCUT2D eigenvalue weighted by atomic mass is 10.2. The molecule has 0 aromatic heterocycles. The normalized spacial score (nSPS) is 10.9. The van der Waals surface area contributed by atoms with E-state index in [1.54, 1.807) is 24.3 Å². The van der Waals surface area contributed by atoms with Crippen LogP contribution in [0.25, 0.3) is 0 Å². The molecule has 0 radical (unpaired) electrons. The third-order valence-corrected chi connectivity index (χ3v) is 3.91. The molecule has 0 heterocycles. The van der Waals surface area contributed by atoms with Gasteiger partial charge in [0, 0.05) is 11.3 Å². The summed E-state index contributed by atoms with van der Waals surface area (Å²) in [6.45, 7) is 2.78. The number of nitrogens with one attached hydrogen (secondary N) is 2. The summed E-state index contributed by atoms with van der Waals surface area (Å²) < 4.78 is 45.9. The van der Waals surface area contributed by atoms with Crippen LogP contribution in [0.15, 0.2) is 48.5 Å². The quantitative estimate of drug-likeness (QED) is 0.444. The fraction of sp³-hybridized carbons (Fsp3) is 0.300. The maximum atomic E-state index is 12.2. The lowest BCUT2D eigenvalue weighted by Gasteiger charge is -2.11. The number of unbranched alkanes of at least 4 members (excludes halogenated alkanes) is 2. The first-order valence-corrected chi connectivity index (χ1v) is 9.38. The zero-order valence-corrected chi connectivity index (χ0v) is 16.5. The second-order valence-corrected chi connectivity index (χ2v) is 6.47. The molecule has 2 rings (SSSR count). The first kappa shape index (κ1) is 22.5. The van der Waals surface area contributed by atoms with Crippen molar-refractivity contribution in [3.05, 3.63) is 54.1 Å². The molecule has 29 heavy (non-hydrogen) atoms. The van der Waals surface area contributed by atoms with E-state index in [2.05, 4.69) is 22.3 Å². The second kappa shape index (κ2) is 10.7. The average molecular weight is 426 g/mol. The Hall–Kier alpha value is -2.81. The number of benzene rings is 2. The number of hydrogen-bond acceptors (Lipinski definition) is 4. The minimum atomic E-state index is -4.79. The first-order valence-electron chi connectivity index (χ1n) is 8.98. The van der Waals surface area contributed by atoms with E-state index in [4.69, 9.17) is 17.0 Å². The SMILES string of the molecule is CCCCCOc1ccc(NC(=S)NC(=O)c2ccc(OC(F)(F)F)cc2)cc1. The highest BCUT2D eigenvalue weighted by Gasteiger charge is 2.31. The van der Waals surface area contributed by atoms with Crippen molar-refractivity contribution in [2.75, 3.05) is 11.9 Å². The van der Waals surface area contributed by atoms with Gasteiger partial charge in [-0.25, -0.2) is 0 Å². The molecule has 0 fully saturated rings. The van der Waals surface area contributed by atoms with Crippen LogP contribution in [0.3, 0.4) is 0 Å². The van der Waals surface area contributed by atoms with Crippen LogP contribution in [0.1, 0.15) is 36.5 Å². The molecule has 156 valence electrons. The van der Waals surface area contributed by atoms with Crippen LogP contribution >= 0.6 is 12.2 Å². The molecule has 0 saturated heterocycles. The van der Waals surface area contributed by atoms with Crippen LogP contribution in [0, 0.1) is 0 Å². The molecule has 0 atom stereocenters. The molecule has 1 amide bonds. The van der Waals surface area contributed by atoms with E-state index in [1.165, 1.54) is 12.1 Å². The van der Waals surface area contributed by atoms with Gasteiger partial charge in [0.15, 0.2) is 5.11 Å². The van der Waals surface area contributed by atoms with Gasteiger partial charge in [0.05, 0.1) is 6.61 Å². The number of rotatable bonds is 8. The third-order valence-electron chi connectivity index (χ3n) is 3.71. The van der Waals surface area contributed by atoms with Gasteiger partial charge in [0.2, 0.25) is 0 Å². The predicted molar refractivity (Wildman–Crippen MR) is 108 cm³/mol. The van der Waals surface area contributed by atoms with E-state index in [0.29, 0.717) is 12.3 Å². The molecule has 0 spiro atoms. The summed E-state index contributed by atoms with van der Waals surface area (Å²) in [4.78, 5) is 12.1. The van der Waals surface area contributed by atoms with E-state index in [-0.39, 0.29) is 10.7 Å². The number of anilines is 1. The summed E-state index contributed by atoms with van der Waals surface area (Å²) in [7, 11) is 0. The number of amides is 1. The van der Waals surface area contributed by atoms with Gasteiger partial charge >= 0.3 is 6.36 Å². The molecule has 2 N–H and O–H groups in total. The Bertz CT molecular complexity index is 809. The summed E-state index contributed by atoms with van der Waals surface area (Å²) >= 11 is 5.09. The lowest BCUT2D eigenvalue weighted by molar-refractivity contribution is -0.274. The highest BCUT2D eigenvalue weighted by Crippen LogP contribution is 2.22. The van der Waals surface area contributed by atoms with E-state index < -0.39 is 18.0 Å². The monoisotopic (exact) mass is 426 g/mol. The average Bonchev–Trinajstić information content (AvgIpc) is 2.65. The third kappa shape index (κ3) is 8.39. The van der Waals surface area contributed by atoms with Crippen molar-refractivity contribution in [2.24, 2.45) is 0 Å². The number of halogens is 3. The molecule has 9 heteroatoms. The van der Waals surface area contributed by atoms with Gasteiger partial charge in [-0.05, 0) is 67.2 Å². The molecule has 0 unspecified atom stereocenters. The van der Waals surface area contributed by atoms with Gasteiger partial charge < -0.3 is 14.8 Å². The molecular weight excluding hydrogens is 405 g/mol. The number of alkyl halides is 3. The highest BCUT2D eigenvalue weighted by atomic mass is 32.1. The van der Waals surface area contributed by atoms with Gasteiger partial charge in [-0.2, -0.15) is 0 Å². The maximum absolute atomic E-state index is 12.2. The summed E-state index contributed by atoms with van der Waals surface area (Å²) in [5.74, 6) is -0.230. The number of ether oxygens (including phenoxy) is 2. The fourth-order valence-electron chi connectivity index (χ4n) is 2.32. The Morgan fingerprint density at radius 3 is 2.21 bits per heavy atom. The number of carbonyl (C=O) groups is 1. The maximum Gasteiger partial charge on any atom is 0.573 e. The molecule has 0 aliphatic carbocycles. The van der Waals surface area contributed by atoms with Crippen LogP contribution < -0.4 is 20.1 Å². The van der Waals surface area contributed by atoms with E-state index in [9.17, 15) is 18.0 Å². The molecule has 0 bridgehead atoms. The minimum absolute atomic E-state index is 0.0576. The topological polar surface area (TPSA) is 59.6 Å². The number of thiocarbonyl (C=S) groups is 1. The molecule has 0 saturated carbocycles. The van der Waals surface area contributed by atoms with Crippen LogP contribution in [-0.4, -0.2) is 24.0 Å². The van der Waals surface area contributed by atoms with Gasteiger partial charge in [-0.15, -0.1) is 13.2 Å². The van der Waals surface area contributed by atoms with Crippen molar-refractivity contribution in [2.45, 2.75) is 32.5 Å². The lowest BCUT2D eigenvalue weighted by Crippen LogP contribution is -2.34. The molecular formula is C20H21F3N2O3S. The van der Waals surface area contributed by atoms with Gasteiger partial charge in [0.25, 0.3) is 5.91 Å². The molecule has 2 aromatic rings. The van der Waals surface area contributed by atoms with Gasteiger partial charge in [-0.1, -0.05) is 19.8 Å². The predicted octanol–water partition coefficient (Wildman–Crippen LogP) is 5.28. The second-order valence-electron chi connectivity index (χ2n) is 6.06. The minimum Gasteiger partial charge on any atom is -0.494 e. The Morgan fingerprint density at radius 1 is 1.00 bits per heavy atom. The van der Waals surface area contributed by atoms with Crippen LogP contribution in [-0.2, 0) is 0 Å². The summed E-state index contributed by atoms with van der Waals surface area (Å²) in [6.07, 6.45) is -1.55. The standard InChI is InChI=1S/C20H21F3N2O3S/c1-2-3-4-13-27-16-11-7-15(8-12-16)24-19(29)25-18(26)14-5-9-17(10-6-14)28-20(21,22)23/h5-12H,2-4,13H2,1H3,(H2,24,25,26,29). The van der Waals surface area contributed by atoms with Gasteiger partial charge in [-0.3, -0.25) is 10.1 Å². The van der Waals surface area contributed by atoms with Crippen molar-refractivity contribution in [1.29, 1.82) is 0 Å².